The fraction of sp³-hybridized carbons (Fsp3) is 0.286. The van der Waals surface area contributed by atoms with Crippen molar-refractivity contribution in [3.8, 4) is 22.8 Å². The van der Waals surface area contributed by atoms with Crippen molar-refractivity contribution in [2.45, 2.75) is 13.0 Å². The SMILES string of the molecule is O=C(O)CN1CCc2n[nH]c(-c3cc(Cl)c(O)cc3O)c2C1. The predicted molar refractivity (Wildman–Crippen MR) is 79.0 cm³/mol. The zero-order chi connectivity index (χ0) is 15.9. The molecule has 7 nitrogen and oxygen atoms in total. The monoisotopic (exact) mass is 323 g/mol. The molecule has 0 radical (unpaired) electrons. The maximum Gasteiger partial charge on any atom is 0.317 e. The summed E-state index contributed by atoms with van der Waals surface area (Å²) in [6.45, 7) is 0.990. The third-order valence-corrected chi connectivity index (χ3v) is 4.00. The van der Waals surface area contributed by atoms with E-state index in [9.17, 15) is 15.0 Å². The van der Waals surface area contributed by atoms with Gasteiger partial charge < -0.3 is 15.3 Å². The van der Waals surface area contributed by atoms with Crippen LogP contribution in [0, 0.1) is 0 Å². The molecule has 0 fully saturated rings. The van der Waals surface area contributed by atoms with Crippen molar-refractivity contribution in [1.82, 2.24) is 15.1 Å². The molecule has 2 aromatic rings. The molecule has 1 aliphatic rings. The third kappa shape index (κ3) is 2.60. The number of hydrogen-bond donors (Lipinski definition) is 4. The largest absolute Gasteiger partial charge is 0.507 e. The molecule has 0 saturated heterocycles. The highest BCUT2D eigenvalue weighted by atomic mass is 35.5. The molecule has 0 aliphatic carbocycles. The van der Waals surface area contributed by atoms with Crippen LogP contribution in [-0.4, -0.2) is 49.5 Å². The van der Waals surface area contributed by atoms with Gasteiger partial charge in [0.15, 0.2) is 0 Å². The average molecular weight is 324 g/mol. The van der Waals surface area contributed by atoms with Gasteiger partial charge in [-0.05, 0) is 6.07 Å². The van der Waals surface area contributed by atoms with Crippen molar-refractivity contribution in [1.29, 1.82) is 0 Å². The molecule has 8 heteroatoms. The Morgan fingerprint density at radius 1 is 1.36 bits per heavy atom. The van der Waals surface area contributed by atoms with E-state index in [0.29, 0.717) is 30.8 Å². The molecular weight excluding hydrogens is 310 g/mol. The molecule has 4 N–H and O–H groups in total. The maximum absolute atomic E-state index is 10.9. The van der Waals surface area contributed by atoms with Crippen LogP contribution in [0.25, 0.3) is 11.3 Å². The number of aromatic hydroxyl groups is 2. The Labute approximate surface area is 130 Å². The lowest BCUT2D eigenvalue weighted by atomic mass is 10.0. The molecule has 0 unspecified atom stereocenters. The number of rotatable bonds is 3. The number of phenolic OH excluding ortho intramolecular Hbond substituents is 2. The first-order valence-corrected chi connectivity index (χ1v) is 7.05. The minimum atomic E-state index is -0.885. The summed E-state index contributed by atoms with van der Waals surface area (Å²) in [7, 11) is 0. The molecule has 1 aliphatic heterocycles. The van der Waals surface area contributed by atoms with E-state index in [4.69, 9.17) is 16.7 Å². The highest BCUT2D eigenvalue weighted by molar-refractivity contribution is 6.32. The number of aliphatic carboxylic acids is 1. The summed E-state index contributed by atoms with van der Waals surface area (Å²) >= 11 is 5.90. The summed E-state index contributed by atoms with van der Waals surface area (Å²) in [6, 6.07) is 2.62. The number of H-pyrrole nitrogens is 1. The standard InChI is InChI=1S/C14H14ClN3O4/c15-9-3-7(11(19)4-12(9)20)14-8-5-18(6-13(21)22)2-1-10(8)16-17-14/h3-4,19-20H,1-2,5-6H2,(H,16,17)(H,21,22). The number of aromatic amines is 1. The van der Waals surface area contributed by atoms with Gasteiger partial charge in [0, 0.05) is 36.7 Å². The Bertz CT molecular complexity index is 744. The Balaban J connectivity index is 1.99. The lowest BCUT2D eigenvalue weighted by Crippen LogP contribution is -2.34. The lowest BCUT2D eigenvalue weighted by Gasteiger charge is -2.25. The van der Waals surface area contributed by atoms with Crippen LogP contribution in [0.15, 0.2) is 12.1 Å². The fourth-order valence-corrected chi connectivity index (χ4v) is 2.81. The number of carbonyl (C=O) groups is 1. The predicted octanol–water partition coefficient (Wildman–Crippen LogP) is 1.58. The lowest BCUT2D eigenvalue weighted by molar-refractivity contribution is -0.138. The second-order valence-corrected chi connectivity index (χ2v) is 5.61. The van der Waals surface area contributed by atoms with Crippen LogP contribution >= 0.6 is 11.6 Å². The molecule has 2 heterocycles. The zero-order valence-electron chi connectivity index (χ0n) is 11.5. The molecule has 1 aromatic heterocycles. The summed E-state index contributed by atoms with van der Waals surface area (Å²) in [5.41, 5.74) is 2.70. The zero-order valence-corrected chi connectivity index (χ0v) is 12.3. The second kappa shape index (κ2) is 5.51. The van der Waals surface area contributed by atoms with Crippen molar-refractivity contribution >= 4 is 17.6 Å². The number of hydrogen-bond acceptors (Lipinski definition) is 5. The van der Waals surface area contributed by atoms with Crippen molar-refractivity contribution in [2.24, 2.45) is 0 Å². The van der Waals surface area contributed by atoms with Crippen LogP contribution in [0.3, 0.4) is 0 Å². The molecule has 0 bridgehead atoms. The van der Waals surface area contributed by atoms with E-state index in [0.717, 1.165) is 11.3 Å². The van der Waals surface area contributed by atoms with Gasteiger partial charge in [0.1, 0.15) is 11.5 Å². The summed E-state index contributed by atoms with van der Waals surface area (Å²) in [5.74, 6) is -1.21. The second-order valence-electron chi connectivity index (χ2n) is 5.20. The number of aromatic nitrogens is 2. The number of carboxylic acids is 1. The van der Waals surface area contributed by atoms with Gasteiger partial charge in [0.25, 0.3) is 0 Å². The van der Waals surface area contributed by atoms with Crippen molar-refractivity contribution in [2.75, 3.05) is 13.1 Å². The van der Waals surface area contributed by atoms with Crippen LogP contribution in [0.4, 0.5) is 0 Å². The Morgan fingerprint density at radius 3 is 2.86 bits per heavy atom. The number of carboxylic acid groups (broad SMARTS) is 1. The van der Waals surface area contributed by atoms with E-state index in [1.165, 1.54) is 12.1 Å². The van der Waals surface area contributed by atoms with Gasteiger partial charge in [-0.15, -0.1) is 0 Å². The summed E-state index contributed by atoms with van der Waals surface area (Å²) in [4.78, 5) is 12.7. The molecule has 0 amide bonds. The summed E-state index contributed by atoms with van der Waals surface area (Å²) in [5, 5.41) is 35.7. The van der Waals surface area contributed by atoms with Gasteiger partial charge in [-0.3, -0.25) is 14.8 Å². The van der Waals surface area contributed by atoms with E-state index in [1.807, 2.05) is 0 Å². The first kappa shape index (κ1) is 14.7. The topological polar surface area (TPSA) is 110 Å². The minimum Gasteiger partial charge on any atom is -0.507 e. The van der Waals surface area contributed by atoms with Gasteiger partial charge >= 0.3 is 5.97 Å². The Morgan fingerprint density at radius 2 is 2.14 bits per heavy atom. The molecule has 0 spiro atoms. The van der Waals surface area contributed by atoms with E-state index in [2.05, 4.69) is 10.2 Å². The van der Waals surface area contributed by atoms with Gasteiger partial charge in [-0.1, -0.05) is 11.6 Å². The maximum atomic E-state index is 10.9. The smallest absolute Gasteiger partial charge is 0.317 e. The highest BCUT2D eigenvalue weighted by Gasteiger charge is 2.25. The normalized spacial score (nSPS) is 14.8. The fourth-order valence-electron chi connectivity index (χ4n) is 2.65. The van der Waals surface area contributed by atoms with Gasteiger partial charge in [0.05, 0.1) is 23.0 Å². The highest BCUT2D eigenvalue weighted by Crippen LogP contribution is 2.39. The van der Waals surface area contributed by atoms with Crippen LogP contribution in [-0.2, 0) is 17.8 Å². The van der Waals surface area contributed by atoms with Crippen LogP contribution in [0.5, 0.6) is 11.5 Å². The van der Waals surface area contributed by atoms with Crippen molar-refractivity contribution in [3.63, 3.8) is 0 Å². The first-order valence-electron chi connectivity index (χ1n) is 6.68. The molecular formula is C14H14ClN3O4. The Kier molecular flexibility index (Phi) is 3.67. The number of benzene rings is 1. The molecule has 0 saturated carbocycles. The number of nitrogens with one attached hydrogen (secondary N) is 1. The van der Waals surface area contributed by atoms with E-state index in [1.54, 1.807) is 4.90 Å². The van der Waals surface area contributed by atoms with Crippen LogP contribution in [0.1, 0.15) is 11.3 Å². The number of fused-ring (bicyclic) bond motifs is 1. The third-order valence-electron chi connectivity index (χ3n) is 3.69. The number of nitrogens with zero attached hydrogens (tertiary/aromatic N) is 2. The van der Waals surface area contributed by atoms with Crippen LogP contribution in [0.2, 0.25) is 5.02 Å². The quantitative estimate of drug-likeness (QED) is 0.683. The van der Waals surface area contributed by atoms with E-state index >= 15 is 0 Å². The van der Waals surface area contributed by atoms with Crippen molar-refractivity contribution in [3.05, 3.63) is 28.4 Å². The summed E-state index contributed by atoms with van der Waals surface area (Å²) in [6.07, 6.45) is 0.631. The molecule has 0 atom stereocenters. The van der Waals surface area contributed by atoms with Gasteiger partial charge in [-0.2, -0.15) is 5.10 Å². The average Bonchev–Trinajstić information content (AvgIpc) is 2.85. The number of phenols is 2. The molecule has 1 aromatic carbocycles. The summed E-state index contributed by atoms with van der Waals surface area (Å²) < 4.78 is 0. The Hall–Kier alpha value is -2.25. The van der Waals surface area contributed by atoms with Gasteiger partial charge in [-0.25, -0.2) is 0 Å². The number of halogens is 1. The van der Waals surface area contributed by atoms with Crippen LogP contribution < -0.4 is 0 Å². The van der Waals surface area contributed by atoms with Crippen molar-refractivity contribution < 1.29 is 20.1 Å². The molecule has 116 valence electrons. The van der Waals surface area contributed by atoms with Gasteiger partial charge in [0.2, 0.25) is 0 Å². The van der Waals surface area contributed by atoms with E-state index < -0.39 is 5.97 Å². The first-order chi connectivity index (χ1) is 10.5. The molecule has 22 heavy (non-hydrogen) atoms. The minimum absolute atomic E-state index is 0.0492. The van der Waals surface area contributed by atoms with E-state index in [-0.39, 0.29) is 23.1 Å². The molecule has 3 rings (SSSR count).